The highest BCUT2D eigenvalue weighted by atomic mass is 32.1. The fourth-order valence-corrected chi connectivity index (χ4v) is 3.61. The molecule has 1 saturated heterocycles. The zero-order chi connectivity index (χ0) is 16.9. The summed E-state index contributed by atoms with van der Waals surface area (Å²) in [6.07, 6.45) is 1.60. The fourth-order valence-electron chi connectivity index (χ4n) is 2.67. The van der Waals surface area contributed by atoms with Crippen molar-refractivity contribution < 1.29 is 9.53 Å². The molecule has 2 aromatic rings. The summed E-state index contributed by atoms with van der Waals surface area (Å²) < 4.78 is 5.87. The first kappa shape index (κ1) is 17.0. The van der Waals surface area contributed by atoms with E-state index in [1.165, 1.54) is 16.7 Å². The predicted molar refractivity (Wildman–Crippen MR) is 92.6 cm³/mol. The molecule has 2 aromatic heterocycles. The maximum absolute atomic E-state index is 11.0. The Balaban J connectivity index is 1.63. The first-order chi connectivity index (χ1) is 11.6. The first-order valence-corrected chi connectivity index (χ1v) is 8.87. The van der Waals surface area contributed by atoms with E-state index in [4.69, 9.17) is 4.74 Å². The van der Waals surface area contributed by atoms with Gasteiger partial charge in [-0.15, -0.1) is 11.3 Å². The van der Waals surface area contributed by atoms with Crippen LogP contribution >= 0.6 is 11.3 Å². The Labute approximate surface area is 145 Å². The van der Waals surface area contributed by atoms with Gasteiger partial charge in [0.25, 0.3) is 0 Å². The van der Waals surface area contributed by atoms with E-state index in [0.717, 1.165) is 25.3 Å². The van der Waals surface area contributed by atoms with Crippen LogP contribution in [0.15, 0.2) is 24.4 Å². The molecule has 3 heterocycles. The van der Waals surface area contributed by atoms with Crippen LogP contribution in [-0.2, 0) is 22.6 Å². The third kappa shape index (κ3) is 4.59. The minimum Gasteiger partial charge on any atom is -0.368 e. The number of carbonyl (C=O) groups excluding carboxylic acids is 1. The molecule has 1 amide bonds. The minimum atomic E-state index is -0.128. The van der Waals surface area contributed by atoms with Crippen molar-refractivity contribution in [2.45, 2.75) is 33.0 Å². The van der Waals surface area contributed by atoms with Gasteiger partial charge in [-0.25, -0.2) is 9.97 Å². The molecule has 3 rings (SSSR count). The SMILES string of the molecule is CC(=O)NCc1ccnc([C@@H]2CN(Cc3ccc(C)s3)CCO2)n1. The van der Waals surface area contributed by atoms with E-state index in [9.17, 15) is 4.79 Å². The number of morpholine rings is 1. The molecule has 1 aliphatic heterocycles. The molecule has 0 saturated carbocycles. The molecule has 128 valence electrons. The minimum absolute atomic E-state index is 0.0681. The quantitative estimate of drug-likeness (QED) is 0.897. The molecule has 0 aliphatic carbocycles. The third-order valence-electron chi connectivity index (χ3n) is 3.86. The van der Waals surface area contributed by atoms with E-state index >= 15 is 0 Å². The smallest absolute Gasteiger partial charge is 0.217 e. The number of hydrogen-bond acceptors (Lipinski definition) is 6. The van der Waals surface area contributed by atoms with Gasteiger partial charge in [0.15, 0.2) is 5.82 Å². The van der Waals surface area contributed by atoms with E-state index < -0.39 is 0 Å². The lowest BCUT2D eigenvalue weighted by molar-refractivity contribution is -0.119. The molecule has 0 unspecified atom stereocenters. The fraction of sp³-hybridized carbons (Fsp3) is 0.471. The highest BCUT2D eigenvalue weighted by Crippen LogP contribution is 2.23. The summed E-state index contributed by atoms with van der Waals surface area (Å²) in [6, 6.07) is 6.16. The molecule has 1 aliphatic rings. The monoisotopic (exact) mass is 346 g/mol. The van der Waals surface area contributed by atoms with Gasteiger partial charge in [-0.05, 0) is 25.1 Å². The maximum Gasteiger partial charge on any atom is 0.217 e. The molecule has 24 heavy (non-hydrogen) atoms. The van der Waals surface area contributed by atoms with Crippen molar-refractivity contribution in [3.8, 4) is 0 Å². The summed E-state index contributed by atoms with van der Waals surface area (Å²) in [7, 11) is 0. The predicted octanol–water partition coefficient (Wildman–Crippen LogP) is 2.06. The molecule has 1 fully saturated rings. The van der Waals surface area contributed by atoms with Gasteiger partial charge in [-0.3, -0.25) is 9.69 Å². The lowest BCUT2D eigenvalue weighted by Gasteiger charge is -2.31. The Kier molecular flexibility index (Phi) is 5.55. The summed E-state index contributed by atoms with van der Waals surface area (Å²) in [6.45, 7) is 7.34. The number of nitrogens with zero attached hydrogens (tertiary/aromatic N) is 3. The Hall–Kier alpha value is -1.83. The zero-order valence-corrected chi connectivity index (χ0v) is 14.8. The molecular weight excluding hydrogens is 324 g/mol. The molecule has 1 atom stereocenters. The van der Waals surface area contributed by atoms with E-state index in [-0.39, 0.29) is 12.0 Å². The number of rotatable bonds is 5. The van der Waals surface area contributed by atoms with Crippen LogP contribution in [0.4, 0.5) is 0 Å². The van der Waals surface area contributed by atoms with Crippen LogP contribution < -0.4 is 5.32 Å². The summed E-state index contributed by atoms with van der Waals surface area (Å²) in [5.41, 5.74) is 0.796. The number of nitrogens with one attached hydrogen (secondary N) is 1. The van der Waals surface area contributed by atoms with Crippen LogP contribution in [0.3, 0.4) is 0 Å². The number of ether oxygens (including phenoxy) is 1. The van der Waals surface area contributed by atoms with E-state index in [2.05, 4.69) is 39.2 Å². The van der Waals surface area contributed by atoms with Crippen molar-refractivity contribution in [1.29, 1.82) is 0 Å². The van der Waals surface area contributed by atoms with Crippen LogP contribution in [0.5, 0.6) is 0 Å². The average molecular weight is 346 g/mol. The highest BCUT2D eigenvalue weighted by Gasteiger charge is 2.24. The largest absolute Gasteiger partial charge is 0.368 e. The van der Waals surface area contributed by atoms with Crippen molar-refractivity contribution in [3.05, 3.63) is 45.7 Å². The molecule has 1 N–H and O–H groups in total. The Morgan fingerprint density at radius 1 is 1.46 bits per heavy atom. The van der Waals surface area contributed by atoms with Crippen LogP contribution in [0, 0.1) is 6.92 Å². The molecule has 0 radical (unpaired) electrons. The van der Waals surface area contributed by atoms with Crippen LogP contribution in [0.25, 0.3) is 0 Å². The van der Waals surface area contributed by atoms with Gasteiger partial charge >= 0.3 is 0 Å². The van der Waals surface area contributed by atoms with Gasteiger partial charge < -0.3 is 10.1 Å². The van der Waals surface area contributed by atoms with Gasteiger partial charge in [0, 0.05) is 42.5 Å². The maximum atomic E-state index is 11.0. The molecule has 0 aromatic carbocycles. The number of amides is 1. The summed E-state index contributed by atoms with van der Waals surface area (Å²) >= 11 is 1.84. The van der Waals surface area contributed by atoms with Crippen LogP contribution in [0.1, 0.15) is 34.3 Å². The topological polar surface area (TPSA) is 67.4 Å². The second kappa shape index (κ2) is 7.83. The molecule has 0 spiro atoms. The second-order valence-corrected chi connectivity index (χ2v) is 7.30. The number of aromatic nitrogens is 2. The Morgan fingerprint density at radius 3 is 3.08 bits per heavy atom. The van der Waals surface area contributed by atoms with Crippen molar-refractivity contribution in [3.63, 3.8) is 0 Å². The highest BCUT2D eigenvalue weighted by molar-refractivity contribution is 7.11. The van der Waals surface area contributed by atoms with Crippen molar-refractivity contribution in [2.75, 3.05) is 19.7 Å². The normalized spacial score (nSPS) is 18.5. The van der Waals surface area contributed by atoms with Gasteiger partial charge in [-0.1, -0.05) is 0 Å². The second-order valence-electron chi connectivity index (χ2n) is 5.92. The van der Waals surface area contributed by atoms with E-state index in [1.54, 1.807) is 6.20 Å². The Bertz CT molecular complexity index is 703. The van der Waals surface area contributed by atoms with E-state index in [1.807, 2.05) is 17.4 Å². The molecular formula is C17H22N4O2S. The van der Waals surface area contributed by atoms with Crippen molar-refractivity contribution in [1.82, 2.24) is 20.2 Å². The third-order valence-corrected chi connectivity index (χ3v) is 4.85. The van der Waals surface area contributed by atoms with Crippen molar-refractivity contribution >= 4 is 17.2 Å². The molecule has 0 bridgehead atoms. The van der Waals surface area contributed by atoms with Gasteiger partial charge in [-0.2, -0.15) is 0 Å². The summed E-state index contributed by atoms with van der Waals surface area (Å²) in [5, 5.41) is 2.76. The number of hydrogen-bond donors (Lipinski definition) is 1. The van der Waals surface area contributed by atoms with Gasteiger partial charge in [0.2, 0.25) is 5.91 Å². The van der Waals surface area contributed by atoms with Gasteiger partial charge in [0.05, 0.1) is 18.8 Å². The standard InChI is InChI=1S/C17H22N4O2S/c1-12-3-4-15(24-12)10-21-7-8-23-16(11-21)17-18-6-5-14(20-17)9-19-13(2)22/h3-6,16H,7-11H2,1-2H3,(H,19,22)/t16-/m0/s1. The lowest BCUT2D eigenvalue weighted by atomic mass is 10.2. The van der Waals surface area contributed by atoms with Crippen molar-refractivity contribution in [2.24, 2.45) is 0 Å². The van der Waals surface area contributed by atoms with E-state index in [0.29, 0.717) is 19.0 Å². The van der Waals surface area contributed by atoms with Gasteiger partial charge in [0.1, 0.15) is 6.10 Å². The Morgan fingerprint density at radius 2 is 2.33 bits per heavy atom. The number of thiophene rings is 1. The summed E-state index contributed by atoms with van der Waals surface area (Å²) in [5.74, 6) is 0.617. The molecule has 7 heteroatoms. The number of carbonyl (C=O) groups is 1. The first-order valence-electron chi connectivity index (χ1n) is 8.05. The van der Waals surface area contributed by atoms with Crippen LogP contribution in [0.2, 0.25) is 0 Å². The number of aryl methyl sites for hydroxylation is 1. The lowest BCUT2D eigenvalue weighted by Crippen LogP contribution is -2.38. The average Bonchev–Trinajstić information content (AvgIpc) is 2.98. The molecule has 6 nitrogen and oxygen atoms in total. The zero-order valence-electron chi connectivity index (χ0n) is 14.0. The summed E-state index contributed by atoms with van der Waals surface area (Å²) in [4.78, 5) is 25.0. The van der Waals surface area contributed by atoms with Crippen LogP contribution in [-0.4, -0.2) is 40.5 Å².